The molecule has 0 bridgehead atoms. The third-order valence-electron chi connectivity index (χ3n) is 3.51. The highest BCUT2D eigenvalue weighted by atomic mass is 16.5. The van der Waals surface area contributed by atoms with Gasteiger partial charge in [0.1, 0.15) is 11.5 Å². The van der Waals surface area contributed by atoms with E-state index < -0.39 is 0 Å². The monoisotopic (exact) mass is 292 g/mol. The van der Waals surface area contributed by atoms with Crippen molar-refractivity contribution < 1.29 is 14.3 Å². The van der Waals surface area contributed by atoms with E-state index in [0.717, 1.165) is 22.1 Å². The topological polar surface area (TPSA) is 35.5 Å². The standard InChI is InChI=1S/C19H16O3/c1-13-3-8-17(9-4-13)22-19(20)16-6-5-15-12-18(21-2)10-7-14(15)11-16/h3-12H,1-2H3. The number of hydrogen-bond acceptors (Lipinski definition) is 3. The lowest BCUT2D eigenvalue weighted by atomic mass is 10.1. The third-order valence-corrected chi connectivity index (χ3v) is 3.51. The highest BCUT2D eigenvalue weighted by molar-refractivity contribution is 5.96. The van der Waals surface area contributed by atoms with Crippen molar-refractivity contribution in [2.75, 3.05) is 7.11 Å². The molecule has 0 saturated carbocycles. The summed E-state index contributed by atoms with van der Waals surface area (Å²) in [7, 11) is 1.63. The minimum Gasteiger partial charge on any atom is -0.497 e. The van der Waals surface area contributed by atoms with Crippen LogP contribution in [0.1, 0.15) is 15.9 Å². The van der Waals surface area contributed by atoms with E-state index in [1.54, 1.807) is 25.3 Å². The van der Waals surface area contributed by atoms with Crippen molar-refractivity contribution in [2.24, 2.45) is 0 Å². The maximum Gasteiger partial charge on any atom is 0.343 e. The predicted molar refractivity (Wildman–Crippen MR) is 86.6 cm³/mol. The number of carbonyl (C=O) groups excluding carboxylic acids is 1. The molecule has 0 radical (unpaired) electrons. The van der Waals surface area contributed by atoms with E-state index in [1.807, 2.05) is 49.4 Å². The average molecular weight is 292 g/mol. The number of benzene rings is 3. The molecule has 3 heteroatoms. The molecule has 0 aliphatic heterocycles. The van der Waals surface area contributed by atoms with Crippen molar-refractivity contribution in [3.63, 3.8) is 0 Å². The molecule has 0 aliphatic rings. The summed E-state index contributed by atoms with van der Waals surface area (Å²) in [5.74, 6) is 0.981. The lowest BCUT2D eigenvalue weighted by molar-refractivity contribution is 0.0735. The van der Waals surface area contributed by atoms with Crippen LogP contribution in [0.3, 0.4) is 0 Å². The summed E-state index contributed by atoms with van der Waals surface area (Å²) >= 11 is 0. The van der Waals surface area contributed by atoms with Crippen LogP contribution >= 0.6 is 0 Å². The van der Waals surface area contributed by atoms with Gasteiger partial charge in [-0.3, -0.25) is 0 Å². The molecule has 0 unspecified atom stereocenters. The van der Waals surface area contributed by atoms with Crippen LogP contribution in [0.5, 0.6) is 11.5 Å². The minimum absolute atomic E-state index is 0.360. The zero-order valence-electron chi connectivity index (χ0n) is 12.5. The van der Waals surface area contributed by atoms with E-state index in [4.69, 9.17) is 9.47 Å². The Kier molecular flexibility index (Phi) is 3.79. The number of methoxy groups -OCH3 is 1. The number of hydrogen-bond donors (Lipinski definition) is 0. The number of ether oxygens (including phenoxy) is 2. The van der Waals surface area contributed by atoms with Gasteiger partial charge in [0.05, 0.1) is 12.7 Å². The van der Waals surface area contributed by atoms with Gasteiger partial charge >= 0.3 is 5.97 Å². The fourth-order valence-corrected chi connectivity index (χ4v) is 2.25. The number of esters is 1. The third kappa shape index (κ3) is 2.93. The molecular weight excluding hydrogens is 276 g/mol. The fourth-order valence-electron chi connectivity index (χ4n) is 2.25. The second-order valence-electron chi connectivity index (χ2n) is 5.13. The van der Waals surface area contributed by atoms with Gasteiger partial charge in [-0.1, -0.05) is 29.8 Å². The second kappa shape index (κ2) is 5.90. The van der Waals surface area contributed by atoms with Crippen molar-refractivity contribution in [1.82, 2.24) is 0 Å². The second-order valence-corrected chi connectivity index (χ2v) is 5.13. The number of carbonyl (C=O) groups is 1. The molecule has 0 aliphatic carbocycles. The van der Waals surface area contributed by atoms with Crippen LogP contribution in [0.25, 0.3) is 10.8 Å². The van der Waals surface area contributed by atoms with Crippen molar-refractivity contribution in [1.29, 1.82) is 0 Å². The van der Waals surface area contributed by atoms with Gasteiger partial charge in [0, 0.05) is 0 Å². The Hall–Kier alpha value is -2.81. The first-order chi connectivity index (χ1) is 10.7. The van der Waals surface area contributed by atoms with Gasteiger partial charge in [-0.05, 0) is 54.1 Å². The summed E-state index contributed by atoms with van der Waals surface area (Å²) in [6.45, 7) is 1.99. The summed E-state index contributed by atoms with van der Waals surface area (Å²) in [6, 6.07) is 18.6. The van der Waals surface area contributed by atoms with Gasteiger partial charge in [0.2, 0.25) is 0 Å². The Morgan fingerprint density at radius 3 is 2.18 bits per heavy atom. The average Bonchev–Trinajstić information content (AvgIpc) is 2.56. The van der Waals surface area contributed by atoms with Crippen LogP contribution in [-0.2, 0) is 0 Å². The summed E-state index contributed by atoms with van der Waals surface area (Å²) in [5.41, 5.74) is 1.65. The Morgan fingerprint density at radius 2 is 1.45 bits per heavy atom. The summed E-state index contributed by atoms with van der Waals surface area (Å²) in [5, 5.41) is 1.99. The van der Waals surface area contributed by atoms with Crippen LogP contribution in [0.15, 0.2) is 60.7 Å². The summed E-state index contributed by atoms with van der Waals surface area (Å²) in [4.78, 5) is 12.2. The SMILES string of the molecule is COc1ccc2cc(C(=O)Oc3ccc(C)cc3)ccc2c1. The molecule has 22 heavy (non-hydrogen) atoms. The molecule has 0 spiro atoms. The van der Waals surface area contributed by atoms with Gasteiger partial charge in [-0.2, -0.15) is 0 Å². The molecule has 0 saturated heterocycles. The lowest BCUT2D eigenvalue weighted by Crippen LogP contribution is -2.08. The Labute approximate surface area is 129 Å². The first-order valence-electron chi connectivity index (χ1n) is 7.02. The van der Waals surface area contributed by atoms with E-state index >= 15 is 0 Å². The molecule has 3 rings (SSSR count). The molecule has 0 aromatic heterocycles. The number of rotatable bonds is 3. The molecule has 0 fully saturated rings. The van der Waals surface area contributed by atoms with Crippen molar-refractivity contribution >= 4 is 16.7 Å². The van der Waals surface area contributed by atoms with Crippen LogP contribution in [0, 0.1) is 6.92 Å². The van der Waals surface area contributed by atoms with Crippen LogP contribution in [0.4, 0.5) is 0 Å². The van der Waals surface area contributed by atoms with Crippen molar-refractivity contribution in [3.8, 4) is 11.5 Å². The van der Waals surface area contributed by atoms with Crippen LogP contribution < -0.4 is 9.47 Å². The van der Waals surface area contributed by atoms with Gasteiger partial charge in [0.25, 0.3) is 0 Å². The van der Waals surface area contributed by atoms with Gasteiger partial charge in [0.15, 0.2) is 0 Å². The van der Waals surface area contributed by atoms with Gasteiger partial charge in [-0.25, -0.2) is 4.79 Å². The lowest BCUT2D eigenvalue weighted by Gasteiger charge is -2.07. The molecule has 0 heterocycles. The van der Waals surface area contributed by atoms with Gasteiger partial charge < -0.3 is 9.47 Å². The molecule has 3 aromatic rings. The highest BCUT2D eigenvalue weighted by Crippen LogP contribution is 2.22. The molecule has 0 amide bonds. The summed E-state index contributed by atoms with van der Waals surface area (Å²) < 4.78 is 10.6. The Bertz CT molecular complexity index is 820. The predicted octanol–water partition coefficient (Wildman–Crippen LogP) is 4.38. The quantitative estimate of drug-likeness (QED) is 0.531. The molecule has 3 nitrogen and oxygen atoms in total. The van der Waals surface area contributed by atoms with Crippen molar-refractivity contribution in [3.05, 3.63) is 71.8 Å². The van der Waals surface area contributed by atoms with E-state index in [9.17, 15) is 4.79 Å². The smallest absolute Gasteiger partial charge is 0.343 e. The van der Waals surface area contributed by atoms with E-state index in [2.05, 4.69) is 0 Å². The molecule has 110 valence electrons. The zero-order valence-corrected chi connectivity index (χ0v) is 12.5. The Balaban J connectivity index is 1.86. The first kappa shape index (κ1) is 14.1. The van der Waals surface area contributed by atoms with E-state index in [-0.39, 0.29) is 5.97 Å². The molecule has 3 aromatic carbocycles. The van der Waals surface area contributed by atoms with Crippen LogP contribution in [-0.4, -0.2) is 13.1 Å². The Morgan fingerprint density at radius 1 is 0.818 bits per heavy atom. The maximum atomic E-state index is 12.2. The fraction of sp³-hybridized carbons (Fsp3) is 0.105. The molecule has 0 N–H and O–H groups in total. The molecular formula is C19H16O3. The van der Waals surface area contributed by atoms with E-state index in [0.29, 0.717) is 11.3 Å². The highest BCUT2D eigenvalue weighted by Gasteiger charge is 2.09. The van der Waals surface area contributed by atoms with Gasteiger partial charge in [-0.15, -0.1) is 0 Å². The normalized spacial score (nSPS) is 10.5. The number of fused-ring (bicyclic) bond motifs is 1. The minimum atomic E-state index is -0.360. The maximum absolute atomic E-state index is 12.2. The van der Waals surface area contributed by atoms with Crippen molar-refractivity contribution in [2.45, 2.75) is 6.92 Å². The number of aryl methyl sites for hydroxylation is 1. The largest absolute Gasteiger partial charge is 0.497 e. The summed E-state index contributed by atoms with van der Waals surface area (Å²) in [6.07, 6.45) is 0. The first-order valence-corrected chi connectivity index (χ1v) is 7.02. The molecule has 0 atom stereocenters. The van der Waals surface area contributed by atoms with Crippen LogP contribution in [0.2, 0.25) is 0 Å². The van der Waals surface area contributed by atoms with E-state index in [1.165, 1.54) is 0 Å². The zero-order chi connectivity index (χ0) is 15.5.